The summed E-state index contributed by atoms with van der Waals surface area (Å²) < 4.78 is 5.77. The maximum atomic E-state index is 9.17. The Labute approximate surface area is 129 Å². The number of hydrogen-bond donors (Lipinski definition) is 1. The zero-order chi connectivity index (χ0) is 14.8. The van der Waals surface area contributed by atoms with Gasteiger partial charge in [0.1, 0.15) is 0 Å². The molecule has 0 amide bonds. The first-order valence-electron chi connectivity index (χ1n) is 8.74. The summed E-state index contributed by atoms with van der Waals surface area (Å²) in [6.07, 6.45) is 5.39. The van der Waals surface area contributed by atoms with E-state index < -0.39 is 0 Å². The van der Waals surface area contributed by atoms with Crippen LogP contribution in [0.3, 0.4) is 0 Å². The van der Waals surface area contributed by atoms with Crippen molar-refractivity contribution in [3.8, 4) is 0 Å². The molecule has 2 aliphatic rings. The number of rotatable bonds is 11. The highest BCUT2D eigenvalue weighted by atomic mass is 16.5. The van der Waals surface area contributed by atoms with Crippen molar-refractivity contribution in [2.75, 3.05) is 78.7 Å². The minimum Gasteiger partial charge on any atom is -0.395 e. The molecule has 5 heteroatoms. The fourth-order valence-corrected chi connectivity index (χ4v) is 3.26. The van der Waals surface area contributed by atoms with Crippen molar-refractivity contribution >= 4 is 0 Å². The summed E-state index contributed by atoms with van der Waals surface area (Å²) in [5.74, 6) is 0. The Morgan fingerprint density at radius 3 is 2.00 bits per heavy atom. The van der Waals surface area contributed by atoms with Gasteiger partial charge in [0.2, 0.25) is 0 Å². The first kappa shape index (κ1) is 17.2. The van der Waals surface area contributed by atoms with Gasteiger partial charge in [-0.25, -0.2) is 0 Å². The number of nitrogens with zero attached hydrogens (tertiary/aromatic N) is 3. The van der Waals surface area contributed by atoms with Gasteiger partial charge in [0.25, 0.3) is 0 Å². The molecule has 124 valence electrons. The summed E-state index contributed by atoms with van der Waals surface area (Å²) in [4.78, 5) is 7.34. The molecule has 2 rings (SSSR count). The molecule has 0 aromatic heterocycles. The predicted molar refractivity (Wildman–Crippen MR) is 85.7 cm³/mol. The molecule has 0 saturated carbocycles. The summed E-state index contributed by atoms with van der Waals surface area (Å²) in [7, 11) is 0. The van der Waals surface area contributed by atoms with Crippen molar-refractivity contribution in [2.24, 2.45) is 0 Å². The van der Waals surface area contributed by atoms with Crippen molar-refractivity contribution in [3.63, 3.8) is 0 Å². The molecule has 0 bridgehead atoms. The molecule has 0 unspecified atom stereocenters. The third-order valence-corrected chi connectivity index (χ3v) is 4.65. The van der Waals surface area contributed by atoms with Crippen LogP contribution in [0.4, 0.5) is 0 Å². The smallest absolute Gasteiger partial charge is 0.0594 e. The molecule has 2 saturated heterocycles. The molecule has 2 aliphatic heterocycles. The van der Waals surface area contributed by atoms with E-state index in [0.717, 1.165) is 45.9 Å². The SMILES string of the molecule is OCCN(CCOCCN1CCCC1)CCN1CCCC1. The standard InChI is InChI=1S/C16H33N3O2/c20-14-11-19(10-9-17-5-1-2-6-17)13-16-21-15-12-18-7-3-4-8-18/h20H,1-16H2. The highest BCUT2D eigenvalue weighted by molar-refractivity contribution is 4.69. The van der Waals surface area contributed by atoms with E-state index in [1.807, 2.05) is 0 Å². The van der Waals surface area contributed by atoms with Crippen LogP contribution in [0.5, 0.6) is 0 Å². The highest BCUT2D eigenvalue weighted by Crippen LogP contribution is 2.07. The van der Waals surface area contributed by atoms with E-state index in [4.69, 9.17) is 4.74 Å². The number of hydrogen-bond acceptors (Lipinski definition) is 5. The zero-order valence-corrected chi connectivity index (χ0v) is 13.5. The van der Waals surface area contributed by atoms with Crippen LogP contribution in [0.2, 0.25) is 0 Å². The van der Waals surface area contributed by atoms with Gasteiger partial charge in [-0.15, -0.1) is 0 Å². The van der Waals surface area contributed by atoms with Crippen LogP contribution in [0.25, 0.3) is 0 Å². The van der Waals surface area contributed by atoms with Crippen molar-refractivity contribution in [3.05, 3.63) is 0 Å². The van der Waals surface area contributed by atoms with Gasteiger partial charge >= 0.3 is 0 Å². The molecule has 0 aromatic carbocycles. The highest BCUT2D eigenvalue weighted by Gasteiger charge is 2.13. The lowest BCUT2D eigenvalue weighted by atomic mass is 10.4. The molecule has 0 atom stereocenters. The normalized spacial score (nSPS) is 20.9. The Balaban J connectivity index is 1.49. The fraction of sp³-hybridized carbons (Fsp3) is 1.00. The van der Waals surface area contributed by atoms with Crippen molar-refractivity contribution in [2.45, 2.75) is 25.7 Å². The van der Waals surface area contributed by atoms with Gasteiger partial charge in [0.05, 0.1) is 19.8 Å². The van der Waals surface area contributed by atoms with Crippen LogP contribution in [0, 0.1) is 0 Å². The van der Waals surface area contributed by atoms with Gasteiger partial charge < -0.3 is 19.6 Å². The topological polar surface area (TPSA) is 39.2 Å². The largest absolute Gasteiger partial charge is 0.395 e. The third kappa shape index (κ3) is 7.06. The minimum absolute atomic E-state index is 0.244. The second-order valence-corrected chi connectivity index (χ2v) is 6.28. The lowest BCUT2D eigenvalue weighted by molar-refractivity contribution is 0.0792. The molecular formula is C16H33N3O2. The Bertz CT molecular complexity index is 254. The molecule has 1 N–H and O–H groups in total. The maximum absolute atomic E-state index is 9.17. The third-order valence-electron chi connectivity index (χ3n) is 4.65. The second-order valence-electron chi connectivity index (χ2n) is 6.28. The first-order chi connectivity index (χ1) is 10.4. The Morgan fingerprint density at radius 2 is 1.38 bits per heavy atom. The second kappa shape index (κ2) is 10.5. The number of aliphatic hydroxyl groups excluding tert-OH is 1. The van der Waals surface area contributed by atoms with Crippen LogP contribution in [-0.4, -0.2) is 98.5 Å². The van der Waals surface area contributed by atoms with Gasteiger partial charge in [-0.05, 0) is 51.9 Å². The average Bonchev–Trinajstić information content (AvgIpc) is 3.17. The summed E-state index contributed by atoms with van der Waals surface area (Å²) in [5.41, 5.74) is 0. The summed E-state index contributed by atoms with van der Waals surface area (Å²) in [6, 6.07) is 0. The van der Waals surface area contributed by atoms with Crippen LogP contribution in [0.15, 0.2) is 0 Å². The Kier molecular flexibility index (Phi) is 8.59. The van der Waals surface area contributed by atoms with E-state index in [1.165, 1.54) is 51.9 Å². The minimum atomic E-state index is 0.244. The Morgan fingerprint density at radius 1 is 0.762 bits per heavy atom. The molecule has 0 aromatic rings. The van der Waals surface area contributed by atoms with Crippen LogP contribution in [-0.2, 0) is 4.74 Å². The van der Waals surface area contributed by atoms with E-state index >= 15 is 0 Å². The molecule has 5 nitrogen and oxygen atoms in total. The molecule has 0 radical (unpaired) electrons. The molecule has 2 fully saturated rings. The number of aliphatic hydroxyl groups is 1. The van der Waals surface area contributed by atoms with E-state index in [0.29, 0.717) is 0 Å². The number of ether oxygens (including phenoxy) is 1. The summed E-state index contributed by atoms with van der Waals surface area (Å²) in [5, 5.41) is 9.17. The lowest BCUT2D eigenvalue weighted by Crippen LogP contribution is -2.37. The Hall–Kier alpha value is -0.200. The van der Waals surface area contributed by atoms with Gasteiger partial charge in [0.15, 0.2) is 0 Å². The van der Waals surface area contributed by atoms with Gasteiger partial charge in [-0.2, -0.15) is 0 Å². The fourth-order valence-electron chi connectivity index (χ4n) is 3.26. The van der Waals surface area contributed by atoms with Gasteiger partial charge in [-0.3, -0.25) is 4.90 Å². The van der Waals surface area contributed by atoms with E-state index in [9.17, 15) is 5.11 Å². The summed E-state index contributed by atoms with van der Waals surface area (Å²) in [6.45, 7) is 11.8. The van der Waals surface area contributed by atoms with Crippen LogP contribution in [0.1, 0.15) is 25.7 Å². The number of likely N-dealkylation sites (tertiary alicyclic amines) is 2. The van der Waals surface area contributed by atoms with Crippen LogP contribution >= 0.6 is 0 Å². The molecule has 0 spiro atoms. The molecule has 2 heterocycles. The average molecular weight is 299 g/mol. The molecule has 0 aliphatic carbocycles. The van der Waals surface area contributed by atoms with E-state index in [2.05, 4.69) is 14.7 Å². The van der Waals surface area contributed by atoms with Gasteiger partial charge in [0, 0.05) is 32.7 Å². The molecule has 21 heavy (non-hydrogen) atoms. The van der Waals surface area contributed by atoms with Gasteiger partial charge in [-0.1, -0.05) is 0 Å². The lowest BCUT2D eigenvalue weighted by Gasteiger charge is -2.24. The van der Waals surface area contributed by atoms with Crippen molar-refractivity contribution in [1.29, 1.82) is 0 Å². The monoisotopic (exact) mass is 299 g/mol. The quantitative estimate of drug-likeness (QED) is 0.562. The van der Waals surface area contributed by atoms with Crippen molar-refractivity contribution in [1.82, 2.24) is 14.7 Å². The maximum Gasteiger partial charge on any atom is 0.0594 e. The van der Waals surface area contributed by atoms with E-state index in [-0.39, 0.29) is 6.61 Å². The van der Waals surface area contributed by atoms with Crippen molar-refractivity contribution < 1.29 is 9.84 Å². The molecular weight excluding hydrogens is 266 g/mol. The van der Waals surface area contributed by atoms with E-state index in [1.54, 1.807) is 0 Å². The first-order valence-corrected chi connectivity index (χ1v) is 8.74. The summed E-state index contributed by atoms with van der Waals surface area (Å²) >= 11 is 0. The predicted octanol–water partition coefficient (Wildman–Crippen LogP) is 0.489. The van der Waals surface area contributed by atoms with Crippen LogP contribution < -0.4 is 0 Å². The zero-order valence-electron chi connectivity index (χ0n) is 13.5.